The summed E-state index contributed by atoms with van der Waals surface area (Å²) in [7, 11) is 0. The maximum Gasteiger partial charge on any atom is 0.206 e. The molecule has 136 valence electrons. The molecule has 0 aliphatic heterocycles. The lowest BCUT2D eigenvalue weighted by Crippen LogP contribution is -2.14. The van der Waals surface area contributed by atoms with Crippen molar-refractivity contribution in [2.45, 2.75) is 26.8 Å². The number of phenolic OH excluding ortho intramolecular Hbond substituents is 1. The largest absolute Gasteiger partial charge is 0.504 e. The lowest BCUT2D eigenvalue weighted by atomic mass is 10.2. The fourth-order valence-electron chi connectivity index (χ4n) is 2.35. The molecule has 0 bridgehead atoms. The number of nitrogens with zero attached hydrogens (tertiary/aromatic N) is 3. The van der Waals surface area contributed by atoms with Crippen LogP contribution < -0.4 is 9.54 Å². The fourth-order valence-corrected chi connectivity index (χ4v) is 4.11. The van der Waals surface area contributed by atoms with E-state index < -0.39 is 0 Å². The molecule has 0 aliphatic carbocycles. The van der Waals surface area contributed by atoms with Gasteiger partial charge in [-0.15, -0.1) is 22.7 Å². The van der Waals surface area contributed by atoms with E-state index in [0.29, 0.717) is 17.9 Å². The average Bonchev–Trinajstić information content (AvgIpc) is 3.25. The van der Waals surface area contributed by atoms with E-state index in [0.717, 1.165) is 15.4 Å². The highest BCUT2D eigenvalue weighted by molar-refractivity contribution is 7.14. The highest BCUT2D eigenvalue weighted by atomic mass is 32.1. The summed E-state index contributed by atoms with van der Waals surface area (Å²) in [5, 5.41) is 19.1. The number of aromatic nitrogens is 1. The van der Waals surface area contributed by atoms with Crippen molar-refractivity contribution in [3.8, 4) is 22.1 Å². The standard InChI is InChI=1S/C19H21N3O2S2/c1-4-24-16-8-5-7-14(18(16)23)11-20-22-15(17-9-6-10-25-17)12-26-19(22)21-13(2)3/h5-13,23H,4H2,1-3H3. The zero-order chi connectivity index (χ0) is 18.5. The summed E-state index contributed by atoms with van der Waals surface area (Å²) in [5.41, 5.74) is 1.59. The lowest BCUT2D eigenvalue weighted by Gasteiger charge is -2.07. The van der Waals surface area contributed by atoms with Crippen LogP contribution in [0.3, 0.4) is 0 Å². The molecule has 0 radical (unpaired) electrons. The molecule has 2 heterocycles. The van der Waals surface area contributed by atoms with Gasteiger partial charge in [0.05, 0.1) is 23.4 Å². The molecule has 0 atom stereocenters. The summed E-state index contributed by atoms with van der Waals surface area (Å²) in [6, 6.07) is 9.63. The normalized spacial score (nSPS) is 12.4. The van der Waals surface area contributed by atoms with E-state index in [-0.39, 0.29) is 11.8 Å². The maximum absolute atomic E-state index is 10.4. The van der Waals surface area contributed by atoms with Crippen LogP contribution in [0.25, 0.3) is 10.6 Å². The number of rotatable bonds is 6. The van der Waals surface area contributed by atoms with E-state index in [2.05, 4.69) is 21.5 Å². The number of phenols is 1. The van der Waals surface area contributed by atoms with E-state index in [1.807, 2.05) is 43.0 Å². The Hall–Kier alpha value is -2.38. The maximum atomic E-state index is 10.4. The fraction of sp³-hybridized carbons (Fsp3) is 0.263. The van der Waals surface area contributed by atoms with Crippen molar-refractivity contribution in [3.63, 3.8) is 0 Å². The second-order valence-electron chi connectivity index (χ2n) is 5.79. The molecule has 3 aromatic rings. The third-order valence-corrected chi connectivity index (χ3v) is 5.19. The minimum Gasteiger partial charge on any atom is -0.504 e. The van der Waals surface area contributed by atoms with E-state index >= 15 is 0 Å². The Kier molecular flexibility index (Phi) is 5.90. The minimum absolute atomic E-state index is 0.0916. The lowest BCUT2D eigenvalue weighted by molar-refractivity contribution is 0.318. The Morgan fingerprint density at radius 2 is 2.08 bits per heavy atom. The van der Waals surface area contributed by atoms with Crippen LogP contribution in [0.2, 0.25) is 0 Å². The van der Waals surface area contributed by atoms with Crippen LogP contribution in [0.15, 0.2) is 51.2 Å². The summed E-state index contributed by atoms with van der Waals surface area (Å²) in [6.45, 7) is 6.45. The van der Waals surface area contributed by atoms with Crippen LogP contribution in [-0.2, 0) is 0 Å². The van der Waals surface area contributed by atoms with Crippen LogP contribution in [-0.4, -0.2) is 28.6 Å². The molecule has 5 nitrogen and oxygen atoms in total. The van der Waals surface area contributed by atoms with Gasteiger partial charge in [-0.3, -0.25) is 4.99 Å². The molecular weight excluding hydrogens is 366 g/mol. The van der Waals surface area contributed by atoms with Gasteiger partial charge in [0.1, 0.15) is 0 Å². The molecule has 1 N–H and O–H groups in total. The molecule has 3 rings (SSSR count). The predicted octanol–water partition coefficient (Wildman–Crippen LogP) is 4.57. The Labute approximate surface area is 160 Å². The van der Waals surface area contributed by atoms with Gasteiger partial charge < -0.3 is 9.84 Å². The molecule has 2 aromatic heterocycles. The predicted molar refractivity (Wildman–Crippen MR) is 109 cm³/mol. The van der Waals surface area contributed by atoms with Crippen molar-refractivity contribution in [3.05, 3.63) is 51.5 Å². The van der Waals surface area contributed by atoms with Crippen LogP contribution in [0.5, 0.6) is 11.5 Å². The quantitative estimate of drug-likeness (QED) is 0.630. The van der Waals surface area contributed by atoms with E-state index in [9.17, 15) is 5.11 Å². The van der Waals surface area contributed by atoms with Crippen molar-refractivity contribution in [1.82, 2.24) is 4.68 Å². The highest BCUT2D eigenvalue weighted by Crippen LogP contribution is 2.29. The van der Waals surface area contributed by atoms with Crippen LogP contribution in [0.1, 0.15) is 26.3 Å². The Balaban J connectivity index is 2.05. The Morgan fingerprint density at radius 1 is 1.23 bits per heavy atom. The van der Waals surface area contributed by atoms with E-state index in [1.165, 1.54) is 0 Å². The monoisotopic (exact) mass is 387 g/mol. The third-order valence-electron chi connectivity index (χ3n) is 3.47. The van der Waals surface area contributed by atoms with Gasteiger partial charge in [-0.25, -0.2) is 4.68 Å². The van der Waals surface area contributed by atoms with Crippen molar-refractivity contribution >= 4 is 28.9 Å². The van der Waals surface area contributed by atoms with Gasteiger partial charge in [-0.05, 0) is 44.4 Å². The minimum atomic E-state index is 0.0916. The Bertz CT molecular complexity index is 954. The second-order valence-corrected chi connectivity index (χ2v) is 7.57. The first-order valence-electron chi connectivity index (χ1n) is 8.37. The van der Waals surface area contributed by atoms with Gasteiger partial charge in [0.25, 0.3) is 0 Å². The molecule has 0 unspecified atom stereocenters. The van der Waals surface area contributed by atoms with Gasteiger partial charge in [-0.1, -0.05) is 12.1 Å². The number of hydrogen-bond donors (Lipinski definition) is 1. The molecule has 7 heteroatoms. The van der Waals surface area contributed by atoms with Crippen LogP contribution >= 0.6 is 22.7 Å². The van der Waals surface area contributed by atoms with Crippen molar-refractivity contribution in [1.29, 1.82) is 0 Å². The van der Waals surface area contributed by atoms with Gasteiger partial charge in [-0.2, -0.15) is 5.10 Å². The summed E-state index contributed by atoms with van der Waals surface area (Å²) in [4.78, 5) is 6.60. The molecular formula is C19H21N3O2S2. The van der Waals surface area contributed by atoms with Crippen molar-refractivity contribution < 1.29 is 9.84 Å². The number of benzene rings is 1. The first kappa shape index (κ1) is 18.4. The molecule has 0 saturated carbocycles. The van der Waals surface area contributed by atoms with Crippen LogP contribution in [0, 0.1) is 0 Å². The zero-order valence-electron chi connectivity index (χ0n) is 14.9. The zero-order valence-corrected chi connectivity index (χ0v) is 16.5. The number of aromatic hydroxyl groups is 1. The van der Waals surface area contributed by atoms with E-state index in [1.54, 1.807) is 41.0 Å². The Morgan fingerprint density at radius 3 is 2.77 bits per heavy atom. The van der Waals surface area contributed by atoms with Gasteiger partial charge in [0, 0.05) is 17.0 Å². The molecule has 0 saturated heterocycles. The molecule has 1 aromatic carbocycles. The van der Waals surface area contributed by atoms with Gasteiger partial charge >= 0.3 is 0 Å². The molecule has 26 heavy (non-hydrogen) atoms. The molecule has 0 fully saturated rings. The number of thiazole rings is 1. The molecule has 0 aliphatic rings. The molecule has 0 spiro atoms. The van der Waals surface area contributed by atoms with Crippen LogP contribution in [0.4, 0.5) is 0 Å². The highest BCUT2D eigenvalue weighted by Gasteiger charge is 2.10. The summed E-state index contributed by atoms with van der Waals surface area (Å²) in [6.07, 6.45) is 1.64. The number of ether oxygens (including phenoxy) is 1. The summed E-state index contributed by atoms with van der Waals surface area (Å²) >= 11 is 3.21. The van der Waals surface area contributed by atoms with Gasteiger partial charge in [0.15, 0.2) is 11.5 Å². The van der Waals surface area contributed by atoms with Crippen molar-refractivity contribution in [2.24, 2.45) is 10.1 Å². The second kappa shape index (κ2) is 8.33. The van der Waals surface area contributed by atoms with Crippen molar-refractivity contribution in [2.75, 3.05) is 6.61 Å². The number of thiophene rings is 1. The third kappa shape index (κ3) is 4.05. The molecule has 0 amide bonds. The first-order chi connectivity index (χ1) is 12.6. The SMILES string of the molecule is CCOc1cccc(C=Nn2c(-c3cccs3)csc2=NC(C)C)c1O. The smallest absolute Gasteiger partial charge is 0.206 e. The average molecular weight is 388 g/mol. The number of hydrogen-bond acceptors (Lipinski definition) is 6. The van der Waals surface area contributed by atoms with Gasteiger partial charge in [0.2, 0.25) is 4.80 Å². The summed E-state index contributed by atoms with van der Waals surface area (Å²) < 4.78 is 7.26. The topological polar surface area (TPSA) is 59.1 Å². The first-order valence-corrected chi connectivity index (χ1v) is 10.1. The number of para-hydroxylation sites is 1. The summed E-state index contributed by atoms with van der Waals surface area (Å²) in [5.74, 6) is 0.547. The van der Waals surface area contributed by atoms with E-state index in [4.69, 9.17) is 4.74 Å².